The highest BCUT2D eigenvalue weighted by Gasteiger charge is 2.53. The number of anilines is 1. The molecule has 2 heterocycles. The number of hydrogen-bond donors (Lipinski definition) is 2. The summed E-state index contributed by atoms with van der Waals surface area (Å²) in [5.41, 5.74) is 1.13. The van der Waals surface area contributed by atoms with Crippen LogP contribution in [0.15, 0.2) is 24.4 Å². The molecule has 2 atom stereocenters. The molecule has 1 aromatic carbocycles. The second-order valence-corrected chi connectivity index (χ2v) is 6.90. The molecule has 10 heteroatoms. The van der Waals surface area contributed by atoms with Crippen molar-refractivity contribution >= 4 is 28.6 Å². The molecule has 2 aromatic rings. The molecule has 1 saturated heterocycles. The van der Waals surface area contributed by atoms with Gasteiger partial charge < -0.3 is 15.3 Å². The Bertz CT molecular complexity index is 878. The number of rotatable bonds is 3. The summed E-state index contributed by atoms with van der Waals surface area (Å²) < 4.78 is 40.9. The van der Waals surface area contributed by atoms with Crippen LogP contribution in [0.1, 0.15) is 19.9 Å². The summed E-state index contributed by atoms with van der Waals surface area (Å²) in [6.07, 6.45) is -2.87. The average molecular weight is 384 g/mol. The molecule has 1 aliphatic heterocycles. The summed E-state index contributed by atoms with van der Waals surface area (Å²) in [7, 11) is 0. The topological polar surface area (TPSA) is 87.5 Å². The molecule has 1 aliphatic rings. The van der Waals surface area contributed by atoms with Crippen molar-refractivity contribution in [3.8, 4) is 0 Å². The first-order valence-corrected chi connectivity index (χ1v) is 8.40. The molecule has 0 aliphatic carbocycles. The lowest BCUT2D eigenvalue weighted by Gasteiger charge is -2.18. The lowest BCUT2D eigenvalue weighted by molar-refractivity contribution is -0.187. The largest absolute Gasteiger partial charge is 0.481 e. The van der Waals surface area contributed by atoms with E-state index in [9.17, 15) is 22.8 Å². The van der Waals surface area contributed by atoms with E-state index in [1.807, 2.05) is 20.0 Å². The van der Waals surface area contributed by atoms with Crippen LogP contribution < -0.4 is 5.32 Å². The number of carbonyl (C=O) groups is 2. The first-order valence-electron chi connectivity index (χ1n) is 8.40. The Balaban J connectivity index is 1.75. The predicted molar refractivity (Wildman–Crippen MR) is 91.4 cm³/mol. The molecule has 27 heavy (non-hydrogen) atoms. The maximum atomic E-state index is 13.0. The SMILES string of the molecule is CC(C)n1cc2cc(NC(=O)N3C[C@@H](C(F)(F)F)[C@H](C(=O)O)C3)ccc2n1. The number of carbonyl (C=O) groups excluding carboxylic acids is 1. The molecule has 7 nitrogen and oxygen atoms in total. The van der Waals surface area contributed by atoms with Crippen LogP contribution >= 0.6 is 0 Å². The maximum Gasteiger partial charge on any atom is 0.394 e. The van der Waals surface area contributed by atoms with Crippen LogP contribution in [0.2, 0.25) is 0 Å². The first-order chi connectivity index (χ1) is 12.6. The third-order valence-electron chi connectivity index (χ3n) is 4.65. The second kappa shape index (κ2) is 6.75. The number of fused-ring (bicyclic) bond motifs is 1. The van der Waals surface area contributed by atoms with E-state index in [-0.39, 0.29) is 6.04 Å². The van der Waals surface area contributed by atoms with Crippen molar-refractivity contribution in [2.75, 3.05) is 18.4 Å². The molecule has 2 amide bonds. The van der Waals surface area contributed by atoms with Gasteiger partial charge in [0.15, 0.2) is 0 Å². The smallest absolute Gasteiger partial charge is 0.394 e. The number of urea groups is 1. The van der Waals surface area contributed by atoms with Crippen LogP contribution in [-0.2, 0) is 4.79 Å². The number of amides is 2. The monoisotopic (exact) mass is 384 g/mol. The van der Waals surface area contributed by atoms with Gasteiger partial charge in [0.25, 0.3) is 0 Å². The Morgan fingerprint density at radius 1 is 1.30 bits per heavy atom. The van der Waals surface area contributed by atoms with Crippen molar-refractivity contribution in [3.63, 3.8) is 0 Å². The van der Waals surface area contributed by atoms with Crippen LogP contribution in [-0.4, -0.2) is 51.1 Å². The molecule has 0 saturated carbocycles. The van der Waals surface area contributed by atoms with Gasteiger partial charge >= 0.3 is 18.2 Å². The van der Waals surface area contributed by atoms with E-state index in [0.717, 1.165) is 15.8 Å². The number of carboxylic acids is 1. The fraction of sp³-hybridized carbons (Fsp3) is 0.471. The first kappa shape index (κ1) is 19.0. The highest BCUT2D eigenvalue weighted by molar-refractivity contribution is 5.93. The fourth-order valence-corrected chi connectivity index (χ4v) is 3.14. The van der Waals surface area contributed by atoms with Crippen molar-refractivity contribution in [1.82, 2.24) is 14.7 Å². The van der Waals surface area contributed by atoms with Crippen molar-refractivity contribution in [2.24, 2.45) is 11.8 Å². The van der Waals surface area contributed by atoms with E-state index >= 15 is 0 Å². The van der Waals surface area contributed by atoms with Crippen LogP contribution in [0.25, 0.3) is 10.9 Å². The molecule has 1 fully saturated rings. The number of hydrogen-bond acceptors (Lipinski definition) is 3. The molecule has 0 unspecified atom stereocenters. The summed E-state index contributed by atoms with van der Waals surface area (Å²) in [4.78, 5) is 24.3. The Labute approximate surface area is 152 Å². The van der Waals surface area contributed by atoms with E-state index in [0.29, 0.717) is 5.69 Å². The zero-order valence-electron chi connectivity index (χ0n) is 14.7. The number of nitrogens with zero attached hydrogens (tertiary/aromatic N) is 3. The third kappa shape index (κ3) is 3.83. The zero-order chi connectivity index (χ0) is 19.9. The molecule has 146 valence electrons. The average Bonchev–Trinajstić information content (AvgIpc) is 3.18. The molecular weight excluding hydrogens is 365 g/mol. The third-order valence-corrected chi connectivity index (χ3v) is 4.65. The zero-order valence-corrected chi connectivity index (χ0v) is 14.7. The van der Waals surface area contributed by atoms with Crippen LogP contribution in [0.5, 0.6) is 0 Å². The standard InChI is InChI=1S/C17H19F3N4O3/c1-9(2)24-6-10-5-11(3-4-14(10)22-24)21-16(27)23-7-12(15(25)26)13(8-23)17(18,19)20/h3-6,9,12-13H,7-8H2,1-2H3,(H,21,27)(H,25,26)/t12-,13-/m1/s1. The number of aliphatic carboxylic acids is 1. The Morgan fingerprint density at radius 3 is 2.56 bits per heavy atom. The molecule has 1 aromatic heterocycles. The lowest BCUT2D eigenvalue weighted by atomic mass is 9.96. The van der Waals surface area contributed by atoms with Crippen molar-refractivity contribution < 1.29 is 27.9 Å². The van der Waals surface area contributed by atoms with Gasteiger partial charge in [-0.2, -0.15) is 18.3 Å². The predicted octanol–water partition coefficient (Wildman–Crippen LogP) is 3.34. The summed E-state index contributed by atoms with van der Waals surface area (Å²) in [5, 5.41) is 16.7. The van der Waals surface area contributed by atoms with Gasteiger partial charge in [-0.25, -0.2) is 4.79 Å². The summed E-state index contributed by atoms with van der Waals surface area (Å²) in [6.45, 7) is 2.77. The van der Waals surface area contributed by atoms with Gasteiger partial charge in [0.05, 0.1) is 17.4 Å². The van der Waals surface area contributed by atoms with E-state index < -0.39 is 43.1 Å². The van der Waals surface area contributed by atoms with Crippen molar-refractivity contribution in [3.05, 3.63) is 24.4 Å². The Hall–Kier alpha value is -2.78. The van der Waals surface area contributed by atoms with Gasteiger partial charge in [0, 0.05) is 36.4 Å². The van der Waals surface area contributed by atoms with E-state index in [4.69, 9.17) is 5.11 Å². The minimum atomic E-state index is -4.68. The minimum absolute atomic E-state index is 0.160. The normalized spacial score (nSPS) is 20.4. The van der Waals surface area contributed by atoms with E-state index in [1.54, 1.807) is 22.9 Å². The van der Waals surface area contributed by atoms with Gasteiger partial charge in [-0.1, -0.05) is 0 Å². The summed E-state index contributed by atoms with van der Waals surface area (Å²) >= 11 is 0. The van der Waals surface area contributed by atoms with Gasteiger partial charge in [-0.3, -0.25) is 9.48 Å². The second-order valence-electron chi connectivity index (χ2n) is 6.90. The van der Waals surface area contributed by atoms with Gasteiger partial charge in [-0.15, -0.1) is 0 Å². The van der Waals surface area contributed by atoms with Crippen LogP contribution in [0, 0.1) is 11.8 Å². The van der Waals surface area contributed by atoms with Crippen molar-refractivity contribution in [2.45, 2.75) is 26.1 Å². The van der Waals surface area contributed by atoms with Crippen LogP contribution in [0.4, 0.5) is 23.7 Å². The molecule has 3 rings (SSSR count). The Morgan fingerprint density at radius 2 is 2.00 bits per heavy atom. The van der Waals surface area contributed by atoms with E-state index in [1.165, 1.54) is 0 Å². The van der Waals surface area contributed by atoms with E-state index in [2.05, 4.69) is 10.4 Å². The number of benzene rings is 1. The highest BCUT2D eigenvalue weighted by Crippen LogP contribution is 2.38. The molecule has 2 N–H and O–H groups in total. The number of carboxylic acid groups (broad SMARTS) is 1. The molecule has 0 spiro atoms. The molecule has 0 bridgehead atoms. The minimum Gasteiger partial charge on any atom is -0.481 e. The molecule has 0 radical (unpaired) electrons. The van der Waals surface area contributed by atoms with Gasteiger partial charge in [0.2, 0.25) is 0 Å². The van der Waals surface area contributed by atoms with Crippen LogP contribution in [0.3, 0.4) is 0 Å². The fourth-order valence-electron chi connectivity index (χ4n) is 3.14. The quantitative estimate of drug-likeness (QED) is 0.850. The molecular formula is C17H19F3N4O3. The number of alkyl halides is 3. The highest BCUT2D eigenvalue weighted by atomic mass is 19.4. The lowest BCUT2D eigenvalue weighted by Crippen LogP contribution is -2.35. The summed E-state index contributed by atoms with van der Waals surface area (Å²) in [5.74, 6) is -5.30. The number of aromatic nitrogens is 2. The number of nitrogens with one attached hydrogen (secondary N) is 1. The van der Waals surface area contributed by atoms with Gasteiger partial charge in [-0.05, 0) is 32.0 Å². The van der Waals surface area contributed by atoms with Crippen molar-refractivity contribution in [1.29, 1.82) is 0 Å². The number of halogens is 3. The maximum absolute atomic E-state index is 13.0. The van der Waals surface area contributed by atoms with Gasteiger partial charge in [0.1, 0.15) is 0 Å². The Kier molecular flexibility index (Phi) is 4.75. The summed E-state index contributed by atoms with van der Waals surface area (Å²) in [6, 6.07) is 4.37. The number of likely N-dealkylation sites (tertiary alicyclic amines) is 1.